The molecule has 0 saturated heterocycles. The van der Waals surface area contributed by atoms with E-state index < -0.39 is 18.3 Å². The minimum atomic E-state index is -0.684. The lowest BCUT2D eigenvalue weighted by Gasteiger charge is -2.03. The van der Waals surface area contributed by atoms with Gasteiger partial charge in [0.1, 0.15) is 0 Å². The summed E-state index contributed by atoms with van der Waals surface area (Å²) in [4.78, 5) is 11.8. The molecule has 0 unspecified atom stereocenters. The number of hydrogen-bond donors (Lipinski definition) is 1. The summed E-state index contributed by atoms with van der Waals surface area (Å²) < 4.78 is 20.2. The highest BCUT2D eigenvalue weighted by atomic mass is 19.1. The lowest BCUT2D eigenvalue weighted by Crippen LogP contribution is -2.08. The molecule has 3 rings (SSSR count). The highest BCUT2D eigenvalue weighted by Gasteiger charge is 2.15. The molecule has 128 valence electrons. The second-order valence-corrected chi connectivity index (χ2v) is 5.25. The van der Waals surface area contributed by atoms with E-state index in [1.165, 1.54) is 18.2 Å². The molecule has 0 aliphatic heterocycles. The van der Waals surface area contributed by atoms with E-state index in [1.807, 2.05) is 25.1 Å². The maximum atomic E-state index is 13.4. The fourth-order valence-electron chi connectivity index (χ4n) is 2.53. The van der Waals surface area contributed by atoms with Crippen LogP contribution in [0.15, 0.2) is 58.8 Å². The van der Waals surface area contributed by atoms with Crippen LogP contribution >= 0.6 is 0 Å². The molecule has 0 aliphatic rings. The predicted molar refractivity (Wildman–Crippen MR) is 90.7 cm³/mol. The molecule has 3 aromatic rings. The smallest absolute Gasteiger partial charge is 0.302 e. The molecule has 0 saturated carbocycles. The van der Waals surface area contributed by atoms with Crippen LogP contribution in [0.4, 0.5) is 10.1 Å². The zero-order chi connectivity index (χ0) is 17.8. The molecule has 0 bridgehead atoms. The molecule has 6 nitrogen and oxygen atoms in total. The molecule has 0 fully saturated rings. The third-order valence-electron chi connectivity index (χ3n) is 3.68. The van der Waals surface area contributed by atoms with Gasteiger partial charge in [0.25, 0.3) is 0 Å². The maximum Gasteiger partial charge on any atom is 0.302 e. The zero-order valence-electron chi connectivity index (χ0n) is 13.5. The van der Waals surface area contributed by atoms with Gasteiger partial charge in [-0.05, 0) is 25.1 Å². The Morgan fingerprint density at radius 3 is 2.68 bits per heavy atom. The molecule has 0 spiro atoms. The number of amides is 1. The number of benzene rings is 2. The van der Waals surface area contributed by atoms with Crippen molar-refractivity contribution in [3.05, 3.63) is 54.3 Å². The molecule has 0 aliphatic carbocycles. The standard InChI is InChI=1S/C18H16FN3O3/c1-2-22-14-9-5-3-7-12(14)17(18(22)24)21-20-16(23)11-25-15-10-6-4-8-13(15)19/h3-10,24H,2,11H2,1H3. The second-order valence-electron chi connectivity index (χ2n) is 5.25. The van der Waals surface area contributed by atoms with Crippen LogP contribution in [0.2, 0.25) is 0 Å². The van der Waals surface area contributed by atoms with Crippen LogP contribution in [0.5, 0.6) is 11.6 Å². The average Bonchev–Trinajstić information content (AvgIpc) is 2.90. The third-order valence-corrected chi connectivity index (χ3v) is 3.68. The number of rotatable bonds is 5. The number of hydrogen-bond acceptors (Lipinski definition) is 4. The number of azo groups is 1. The Morgan fingerprint density at radius 1 is 1.20 bits per heavy atom. The fourth-order valence-corrected chi connectivity index (χ4v) is 2.53. The van der Waals surface area contributed by atoms with Gasteiger partial charge in [-0.15, -0.1) is 10.2 Å². The van der Waals surface area contributed by atoms with Gasteiger partial charge in [-0.3, -0.25) is 4.79 Å². The number of nitrogens with zero attached hydrogens (tertiary/aromatic N) is 3. The Kier molecular flexibility index (Phi) is 4.74. The topological polar surface area (TPSA) is 76.2 Å². The molecule has 1 aromatic heterocycles. The monoisotopic (exact) mass is 341 g/mol. The van der Waals surface area contributed by atoms with E-state index in [0.717, 1.165) is 5.52 Å². The first-order valence-corrected chi connectivity index (χ1v) is 7.74. The van der Waals surface area contributed by atoms with Crippen molar-refractivity contribution < 1.29 is 19.0 Å². The van der Waals surface area contributed by atoms with Gasteiger partial charge in [0.05, 0.1) is 5.52 Å². The summed E-state index contributed by atoms with van der Waals surface area (Å²) in [6.07, 6.45) is 0. The number of ether oxygens (including phenoxy) is 1. The second kappa shape index (κ2) is 7.12. The van der Waals surface area contributed by atoms with E-state index in [1.54, 1.807) is 16.7 Å². The van der Waals surface area contributed by atoms with E-state index in [0.29, 0.717) is 11.9 Å². The molecule has 1 N–H and O–H groups in total. The first-order chi connectivity index (χ1) is 12.1. The fraction of sp³-hybridized carbons (Fsp3) is 0.167. The third kappa shape index (κ3) is 3.35. The summed E-state index contributed by atoms with van der Waals surface area (Å²) >= 11 is 0. The van der Waals surface area contributed by atoms with E-state index in [2.05, 4.69) is 10.2 Å². The Balaban J connectivity index is 1.78. The minimum absolute atomic E-state index is 0.0310. The van der Waals surface area contributed by atoms with Crippen LogP contribution in [0.25, 0.3) is 10.9 Å². The molecular weight excluding hydrogens is 325 g/mol. The molecular formula is C18H16FN3O3. The number of carbonyl (C=O) groups is 1. The lowest BCUT2D eigenvalue weighted by atomic mass is 10.2. The summed E-state index contributed by atoms with van der Waals surface area (Å²) in [6.45, 7) is 1.99. The minimum Gasteiger partial charge on any atom is -0.493 e. The highest BCUT2D eigenvalue weighted by molar-refractivity contribution is 5.95. The molecule has 1 amide bonds. The molecule has 25 heavy (non-hydrogen) atoms. The van der Waals surface area contributed by atoms with Gasteiger partial charge in [0.2, 0.25) is 5.88 Å². The predicted octanol–water partition coefficient (Wildman–Crippen LogP) is 4.20. The summed E-state index contributed by atoms with van der Waals surface area (Å²) in [5.74, 6) is -1.33. The first-order valence-electron chi connectivity index (χ1n) is 7.74. The van der Waals surface area contributed by atoms with Crippen molar-refractivity contribution in [2.24, 2.45) is 10.2 Å². The van der Waals surface area contributed by atoms with E-state index in [-0.39, 0.29) is 17.3 Å². The molecule has 7 heteroatoms. The molecule has 2 aromatic carbocycles. The number of halogens is 1. The molecule has 0 atom stereocenters. The van der Waals surface area contributed by atoms with Gasteiger partial charge in [-0.2, -0.15) is 0 Å². The van der Waals surface area contributed by atoms with E-state index >= 15 is 0 Å². The van der Waals surface area contributed by atoms with Crippen molar-refractivity contribution in [2.75, 3.05) is 6.61 Å². The normalized spacial score (nSPS) is 11.3. The quantitative estimate of drug-likeness (QED) is 0.707. The summed E-state index contributed by atoms with van der Waals surface area (Å²) in [7, 11) is 0. The average molecular weight is 341 g/mol. The number of para-hydroxylation sites is 2. The van der Waals surface area contributed by atoms with Crippen LogP contribution in [0, 0.1) is 5.82 Å². The number of aromatic hydroxyl groups is 1. The van der Waals surface area contributed by atoms with Crippen LogP contribution in [-0.4, -0.2) is 22.2 Å². The van der Waals surface area contributed by atoms with Gasteiger partial charge in [0, 0.05) is 11.9 Å². The Hall–Kier alpha value is -3.22. The summed E-state index contributed by atoms with van der Waals surface area (Å²) in [5.41, 5.74) is 1.02. The van der Waals surface area contributed by atoms with Crippen LogP contribution in [0.1, 0.15) is 6.92 Å². The Bertz CT molecular complexity index is 950. The molecule has 0 radical (unpaired) electrons. The van der Waals surface area contributed by atoms with Crippen molar-refractivity contribution in [1.82, 2.24) is 4.57 Å². The van der Waals surface area contributed by atoms with Crippen LogP contribution in [-0.2, 0) is 11.3 Å². The van der Waals surface area contributed by atoms with Crippen LogP contribution < -0.4 is 4.74 Å². The van der Waals surface area contributed by atoms with Crippen molar-refractivity contribution >= 4 is 22.5 Å². The van der Waals surface area contributed by atoms with Gasteiger partial charge in [-0.25, -0.2) is 4.39 Å². The van der Waals surface area contributed by atoms with Crippen molar-refractivity contribution in [2.45, 2.75) is 13.5 Å². The van der Waals surface area contributed by atoms with E-state index in [9.17, 15) is 14.3 Å². The van der Waals surface area contributed by atoms with E-state index in [4.69, 9.17) is 4.74 Å². The zero-order valence-corrected chi connectivity index (χ0v) is 13.5. The number of aromatic nitrogens is 1. The van der Waals surface area contributed by atoms with Crippen molar-refractivity contribution in [3.8, 4) is 11.6 Å². The highest BCUT2D eigenvalue weighted by Crippen LogP contribution is 2.38. The Labute approximate surface area is 143 Å². The maximum absolute atomic E-state index is 13.4. The number of fused-ring (bicyclic) bond motifs is 1. The largest absolute Gasteiger partial charge is 0.493 e. The number of carbonyl (C=O) groups excluding carboxylic acids is 1. The van der Waals surface area contributed by atoms with Crippen molar-refractivity contribution in [3.63, 3.8) is 0 Å². The molecule has 1 heterocycles. The summed E-state index contributed by atoms with van der Waals surface area (Å²) in [5, 5.41) is 18.4. The summed E-state index contributed by atoms with van der Waals surface area (Å²) in [6, 6.07) is 13.1. The van der Waals surface area contributed by atoms with Gasteiger partial charge >= 0.3 is 5.91 Å². The van der Waals surface area contributed by atoms with Crippen LogP contribution in [0.3, 0.4) is 0 Å². The number of aryl methyl sites for hydroxylation is 1. The first kappa shape index (κ1) is 16.6. The van der Waals surface area contributed by atoms with Gasteiger partial charge in [0.15, 0.2) is 23.9 Å². The Morgan fingerprint density at radius 2 is 1.92 bits per heavy atom. The van der Waals surface area contributed by atoms with Gasteiger partial charge in [-0.1, -0.05) is 30.3 Å². The van der Waals surface area contributed by atoms with Gasteiger partial charge < -0.3 is 14.4 Å². The lowest BCUT2D eigenvalue weighted by molar-refractivity contribution is -0.120. The van der Waals surface area contributed by atoms with Crippen molar-refractivity contribution in [1.29, 1.82) is 0 Å². The SMILES string of the molecule is CCn1c(O)c(N=NC(=O)COc2ccccc2F)c2ccccc21.